The molecule has 1 aromatic heterocycles. The highest BCUT2D eigenvalue weighted by Gasteiger charge is 2.47. The number of rotatable bonds is 7. The SMILES string of the molecule is CCCCCN1C(=O)[C@H](C(=O)OCC)[C@H](C(C)C)n2c1nc1ccccc12. The fourth-order valence-corrected chi connectivity index (χ4v) is 3.96. The number of esters is 1. The lowest BCUT2D eigenvalue weighted by molar-refractivity contribution is -0.154. The molecule has 1 amide bonds. The van der Waals surface area contributed by atoms with Gasteiger partial charge in [0.15, 0.2) is 5.92 Å². The highest BCUT2D eigenvalue weighted by molar-refractivity contribution is 6.08. The van der Waals surface area contributed by atoms with E-state index in [9.17, 15) is 9.59 Å². The summed E-state index contributed by atoms with van der Waals surface area (Å²) in [5, 5.41) is 0. The summed E-state index contributed by atoms with van der Waals surface area (Å²) < 4.78 is 7.37. The maximum atomic E-state index is 13.4. The van der Waals surface area contributed by atoms with Crippen LogP contribution in [0.25, 0.3) is 11.0 Å². The third-order valence-corrected chi connectivity index (χ3v) is 5.20. The van der Waals surface area contributed by atoms with Gasteiger partial charge in [-0.1, -0.05) is 45.7 Å². The van der Waals surface area contributed by atoms with Crippen molar-refractivity contribution in [2.45, 2.75) is 53.0 Å². The van der Waals surface area contributed by atoms with E-state index in [2.05, 4.69) is 11.5 Å². The van der Waals surface area contributed by atoms with Crippen LogP contribution in [0.4, 0.5) is 5.95 Å². The van der Waals surface area contributed by atoms with Gasteiger partial charge in [0, 0.05) is 6.54 Å². The van der Waals surface area contributed by atoms with Crippen LogP contribution in [-0.4, -0.2) is 34.6 Å². The first-order valence-corrected chi connectivity index (χ1v) is 9.96. The Morgan fingerprint density at radius 2 is 1.96 bits per heavy atom. The van der Waals surface area contributed by atoms with E-state index in [1.807, 2.05) is 38.1 Å². The number of nitrogens with zero attached hydrogens (tertiary/aromatic N) is 3. The Morgan fingerprint density at radius 1 is 1.22 bits per heavy atom. The van der Waals surface area contributed by atoms with E-state index in [-0.39, 0.29) is 24.5 Å². The van der Waals surface area contributed by atoms with E-state index < -0.39 is 11.9 Å². The summed E-state index contributed by atoms with van der Waals surface area (Å²) in [7, 11) is 0. The van der Waals surface area contributed by atoms with Crippen molar-refractivity contribution in [2.75, 3.05) is 18.1 Å². The van der Waals surface area contributed by atoms with Crippen molar-refractivity contribution in [3.05, 3.63) is 24.3 Å². The molecule has 146 valence electrons. The average molecular weight is 371 g/mol. The second-order valence-corrected chi connectivity index (χ2v) is 7.43. The van der Waals surface area contributed by atoms with Crippen LogP contribution >= 0.6 is 0 Å². The smallest absolute Gasteiger partial charge is 0.320 e. The molecule has 0 bridgehead atoms. The maximum absolute atomic E-state index is 13.4. The minimum absolute atomic E-state index is 0.0810. The van der Waals surface area contributed by atoms with Gasteiger partial charge in [-0.2, -0.15) is 0 Å². The van der Waals surface area contributed by atoms with Crippen LogP contribution in [0, 0.1) is 11.8 Å². The molecule has 1 aliphatic rings. The van der Waals surface area contributed by atoms with Gasteiger partial charge in [0.2, 0.25) is 11.9 Å². The van der Waals surface area contributed by atoms with Gasteiger partial charge in [0.1, 0.15) is 0 Å². The third-order valence-electron chi connectivity index (χ3n) is 5.20. The molecule has 27 heavy (non-hydrogen) atoms. The molecule has 2 atom stereocenters. The molecular weight excluding hydrogens is 342 g/mol. The fraction of sp³-hybridized carbons (Fsp3) is 0.571. The number of para-hydroxylation sites is 2. The van der Waals surface area contributed by atoms with Crippen molar-refractivity contribution >= 4 is 28.9 Å². The zero-order chi connectivity index (χ0) is 19.6. The number of imidazole rings is 1. The number of fused-ring (bicyclic) bond motifs is 3. The summed E-state index contributed by atoms with van der Waals surface area (Å²) in [5.74, 6) is -0.734. The average Bonchev–Trinajstić information content (AvgIpc) is 3.01. The number of hydrogen-bond acceptors (Lipinski definition) is 4. The Hall–Kier alpha value is -2.37. The van der Waals surface area contributed by atoms with E-state index in [4.69, 9.17) is 9.72 Å². The molecule has 0 aliphatic carbocycles. The van der Waals surface area contributed by atoms with Crippen LogP contribution in [0.2, 0.25) is 0 Å². The van der Waals surface area contributed by atoms with Crippen LogP contribution in [0.5, 0.6) is 0 Å². The molecule has 0 unspecified atom stereocenters. The number of carbonyl (C=O) groups excluding carboxylic acids is 2. The topological polar surface area (TPSA) is 64.4 Å². The Bertz CT molecular complexity index is 827. The second-order valence-electron chi connectivity index (χ2n) is 7.43. The van der Waals surface area contributed by atoms with Crippen molar-refractivity contribution in [1.82, 2.24) is 9.55 Å². The lowest BCUT2D eigenvalue weighted by Gasteiger charge is -2.39. The van der Waals surface area contributed by atoms with Gasteiger partial charge in [-0.25, -0.2) is 4.98 Å². The van der Waals surface area contributed by atoms with Gasteiger partial charge in [-0.15, -0.1) is 0 Å². The Balaban J connectivity index is 2.16. The molecule has 0 N–H and O–H groups in total. The summed E-state index contributed by atoms with van der Waals surface area (Å²) in [6, 6.07) is 7.56. The largest absolute Gasteiger partial charge is 0.465 e. The van der Waals surface area contributed by atoms with Crippen molar-refractivity contribution in [2.24, 2.45) is 11.8 Å². The zero-order valence-electron chi connectivity index (χ0n) is 16.6. The number of hydrogen-bond donors (Lipinski definition) is 0. The molecule has 0 saturated carbocycles. The lowest BCUT2D eigenvalue weighted by atomic mass is 9.87. The number of anilines is 1. The first-order valence-electron chi connectivity index (χ1n) is 9.96. The van der Waals surface area contributed by atoms with E-state index in [1.165, 1.54) is 0 Å². The molecular formula is C21H29N3O3. The normalized spacial score (nSPS) is 19.6. The third kappa shape index (κ3) is 3.45. The van der Waals surface area contributed by atoms with Gasteiger partial charge in [0.25, 0.3) is 0 Å². The number of carbonyl (C=O) groups is 2. The number of unbranched alkanes of at least 4 members (excludes halogenated alkanes) is 2. The Kier molecular flexibility index (Phi) is 5.82. The van der Waals surface area contributed by atoms with Gasteiger partial charge in [-0.05, 0) is 31.4 Å². The van der Waals surface area contributed by atoms with E-state index >= 15 is 0 Å². The van der Waals surface area contributed by atoms with Gasteiger partial charge in [-0.3, -0.25) is 14.5 Å². The van der Waals surface area contributed by atoms with Crippen LogP contribution in [0.15, 0.2) is 24.3 Å². The monoisotopic (exact) mass is 371 g/mol. The van der Waals surface area contributed by atoms with Crippen LogP contribution < -0.4 is 4.90 Å². The molecule has 1 aromatic carbocycles. The Morgan fingerprint density at radius 3 is 2.63 bits per heavy atom. The molecule has 0 fully saturated rings. The summed E-state index contributed by atoms with van der Waals surface area (Å²) in [4.78, 5) is 32.6. The molecule has 2 aromatic rings. The summed E-state index contributed by atoms with van der Waals surface area (Å²) in [6.45, 7) is 8.80. The van der Waals surface area contributed by atoms with Gasteiger partial charge in [0.05, 0.1) is 23.7 Å². The van der Waals surface area contributed by atoms with Crippen LogP contribution in [0.1, 0.15) is 53.0 Å². The van der Waals surface area contributed by atoms with E-state index in [0.717, 1.165) is 30.3 Å². The fourth-order valence-electron chi connectivity index (χ4n) is 3.96. The molecule has 6 heteroatoms. The predicted octanol–water partition coefficient (Wildman–Crippen LogP) is 3.95. The van der Waals surface area contributed by atoms with Crippen molar-refractivity contribution in [1.29, 1.82) is 0 Å². The van der Waals surface area contributed by atoms with Crippen molar-refractivity contribution < 1.29 is 14.3 Å². The second kappa shape index (κ2) is 8.11. The summed E-state index contributed by atoms with van der Waals surface area (Å²) in [5.41, 5.74) is 1.80. The highest BCUT2D eigenvalue weighted by Crippen LogP contribution is 2.41. The van der Waals surface area contributed by atoms with Crippen LogP contribution in [-0.2, 0) is 14.3 Å². The molecule has 0 saturated heterocycles. The molecule has 3 rings (SSSR count). The number of benzene rings is 1. The molecule has 0 spiro atoms. The predicted molar refractivity (Wildman–Crippen MR) is 106 cm³/mol. The van der Waals surface area contributed by atoms with Gasteiger partial charge >= 0.3 is 5.97 Å². The highest BCUT2D eigenvalue weighted by atomic mass is 16.5. The number of amides is 1. The molecule has 1 aliphatic heterocycles. The molecule has 6 nitrogen and oxygen atoms in total. The minimum Gasteiger partial charge on any atom is -0.465 e. The van der Waals surface area contributed by atoms with Crippen LogP contribution in [0.3, 0.4) is 0 Å². The van der Waals surface area contributed by atoms with E-state index in [0.29, 0.717) is 12.5 Å². The summed E-state index contributed by atoms with van der Waals surface area (Å²) in [6.07, 6.45) is 2.98. The standard InChI is InChI=1S/C21H29N3O3/c1-5-7-10-13-23-19(25)17(20(26)27-6-2)18(14(3)4)24-16-12-9-8-11-15(16)22-21(23)24/h8-9,11-12,14,17-18H,5-7,10,13H2,1-4H3/t17-,18+/m1/s1. The van der Waals surface area contributed by atoms with Crippen molar-refractivity contribution in [3.63, 3.8) is 0 Å². The molecule has 0 radical (unpaired) electrons. The minimum atomic E-state index is -0.836. The zero-order valence-corrected chi connectivity index (χ0v) is 16.6. The maximum Gasteiger partial charge on any atom is 0.320 e. The number of ether oxygens (including phenoxy) is 1. The van der Waals surface area contributed by atoms with Gasteiger partial charge < -0.3 is 9.30 Å². The Labute approximate surface area is 160 Å². The lowest BCUT2D eigenvalue weighted by Crippen LogP contribution is -2.51. The summed E-state index contributed by atoms with van der Waals surface area (Å²) >= 11 is 0. The van der Waals surface area contributed by atoms with Crippen molar-refractivity contribution in [3.8, 4) is 0 Å². The first-order chi connectivity index (χ1) is 13.0. The molecule has 2 heterocycles. The first kappa shape index (κ1) is 19.4. The van der Waals surface area contributed by atoms with E-state index in [1.54, 1.807) is 11.8 Å². The number of aromatic nitrogens is 2. The quantitative estimate of drug-likeness (QED) is 0.420.